The van der Waals surface area contributed by atoms with Crippen LogP contribution in [0.15, 0.2) is 29.2 Å². The summed E-state index contributed by atoms with van der Waals surface area (Å²) in [5.41, 5.74) is 0.787. The molecule has 0 heterocycles. The van der Waals surface area contributed by atoms with E-state index in [1.165, 1.54) is 30.6 Å². The molecule has 0 radical (unpaired) electrons. The van der Waals surface area contributed by atoms with Crippen LogP contribution in [0.4, 0.5) is 0 Å². The molecule has 130 valence electrons. The molecule has 1 fully saturated rings. The predicted molar refractivity (Wildman–Crippen MR) is 91.6 cm³/mol. The summed E-state index contributed by atoms with van der Waals surface area (Å²) in [5, 5.41) is 12.5. The summed E-state index contributed by atoms with van der Waals surface area (Å²) in [7, 11) is -2.07. The lowest BCUT2D eigenvalue weighted by atomic mass is 9.86. The molecule has 0 spiro atoms. The largest absolute Gasteiger partial charge is 0.395 e. The Morgan fingerprint density at radius 1 is 1.26 bits per heavy atom. The first kappa shape index (κ1) is 18.4. The number of rotatable bonds is 7. The molecule has 0 amide bonds. The fourth-order valence-electron chi connectivity index (χ4n) is 3.19. The number of likely N-dealkylation sites (N-methyl/N-ethyl adjacent to an activating group) is 1. The molecular formula is C17H28N2O3S. The van der Waals surface area contributed by atoms with Crippen molar-refractivity contribution in [1.82, 2.24) is 9.62 Å². The highest BCUT2D eigenvalue weighted by molar-refractivity contribution is 7.89. The van der Waals surface area contributed by atoms with Crippen LogP contribution in [0.3, 0.4) is 0 Å². The molecule has 2 N–H and O–H groups in total. The van der Waals surface area contributed by atoms with Gasteiger partial charge < -0.3 is 10.4 Å². The van der Waals surface area contributed by atoms with E-state index < -0.39 is 10.0 Å². The zero-order valence-electron chi connectivity index (χ0n) is 14.0. The monoisotopic (exact) mass is 340 g/mol. The maximum Gasteiger partial charge on any atom is 0.243 e. The van der Waals surface area contributed by atoms with Gasteiger partial charge in [0.25, 0.3) is 0 Å². The molecule has 1 aromatic carbocycles. The summed E-state index contributed by atoms with van der Waals surface area (Å²) in [5.74, 6) is 0.629. The van der Waals surface area contributed by atoms with E-state index in [1.807, 2.05) is 12.1 Å². The van der Waals surface area contributed by atoms with Crippen molar-refractivity contribution in [3.05, 3.63) is 29.8 Å². The maximum atomic E-state index is 12.6. The third kappa shape index (κ3) is 4.53. The van der Waals surface area contributed by atoms with E-state index in [0.717, 1.165) is 12.0 Å². The topological polar surface area (TPSA) is 69.6 Å². The molecule has 0 aliphatic heterocycles. The van der Waals surface area contributed by atoms with E-state index in [1.54, 1.807) is 12.1 Å². The van der Waals surface area contributed by atoms with Crippen molar-refractivity contribution in [3.63, 3.8) is 0 Å². The third-order valence-electron chi connectivity index (χ3n) is 4.74. The molecule has 2 atom stereocenters. The summed E-state index contributed by atoms with van der Waals surface area (Å²) in [6, 6.07) is 7.57. The normalized spacial score (nSPS) is 22.4. The quantitative estimate of drug-likeness (QED) is 0.796. The first-order chi connectivity index (χ1) is 11.0. The molecule has 0 aromatic heterocycles. The fourth-order valence-corrected chi connectivity index (χ4v) is 4.57. The standard InChI is InChI=1S/C17H28N2O3S/c1-14-7-3-5-9-16(14)18-13-15-8-4-6-10-17(15)23(21,22)19(2)11-12-20/h4,6,8,10,14,16,18,20H,3,5,7,9,11-13H2,1-2H3. The van der Waals surface area contributed by atoms with E-state index in [9.17, 15) is 8.42 Å². The van der Waals surface area contributed by atoms with Gasteiger partial charge in [-0.3, -0.25) is 0 Å². The van der Waals surface area contributed by atoms with Crippen LogP contribution in [0, 0.1) is 5.92 Å². The van der Waals surface area contributed by atoms with E-state index in [2.05, 4.69) is 12.2 Å². The van der Waals surface area contributed by atoms with Crippen molar-refractivity contribution in [1.29, 1.82) is 0 Å². The molecular weight excluding hydrogens is 312 g/mol. The number of sulfonamides is 1. The molecule has 2 unspecified atom stereocenters. The number of aliphatic hydroxyl groups excluding tert-OH is 1. The lowest BCUT2D eigenvalue weighted by Gasteiger charge is -2.30. The summed E-state index contributed by atoms with van der Waals surface area (Å²) in [6.07, 6.45) is 4.91. The zero-order valence-corrected chi connectivity index (χ0v) is 14.8. The predicted octanol–water partition coefficient (Wildman–Crippen LogP) is 1.97. The number of aliphatic hydroxyl groups is 1. The van der Waals surface area contributed by atoms with E-state index >= 15 is 0 Å². The van der Waals surface area contributed by atoms with Gasteiger partial charge in [0.1, 0.15) is 0 Å². The average molecular weight is 340 g/mol. The number of hydrogen-bond donors (Lipinski definition) is 2. The van der Waals surface area contributed by atoms with Crippen LogP contribution in [0.25, 0.3) is 0 Å². The summed E-state index contributed by atoms with van der Waals surface area (Å²) in [6.45, 7) is 2.73. The van der Waals surface area contributed by atoms with E-state index in [-0.39, 0.29) is 13.2 Å². The van der Waals surface area contributed by atoms with Crippen LogP contribution in [0.5, 0.6) is 0 Å². The van der Waals surface area contributed by atoms with Crippen LogP contribution >= 0.6 is 0 Å². The maximum absolute atomic E-state index is 12.6. The smallest absolute Gasteiger partial charge is 0.243 e. The van der Waals surface area contributed by atoms with Gasteiger partial charge >= 0.3 is 0 Å². The minimum absolute atomic E-state index is 0.101. The van der Waals surface area contributed by atoms with Crippen LogP contribution < -0.4 is 5.32 Å². The van der Waals surface area contributed by atoms with Crippen molar-refractivity contribution >= 4 is 10.0 Å². The lowest BCUT2D eigenvalue weighted by Crippen LogP contribution is -2.37. The molecule has 0 saturated heterocycles. The molecule has 1 aromatic rings. The second-order valence-electron chi connectivity index (χ2n) is 6.41. The third-order valence-corrected chi connectivity index (χ3v) is 6.70. The molecule has 1 aliphatic carbocycles. The number of hydrogen-bond acceptors (Lipinski definition) is 4. The van der Waals surface area contributed by atoms with E-state index in [4.69, 9.17) is 5.11 Å². The van der Waals surface area contributed by atoms with Crippen LogP contribution in [0.2, 0.25) is 0 Å². The molecule has 2 rings (SSSR count). The highest BCUT2D eigenvalue weighted by atomic mass is 32.2. The minimum Gasteiger partial charge on any atom is -0.395 e. The van der Waals surface area contributed by atoms with Gasteiger partial charge in [-0.2, -0.15) is 4.31 Å². The van der Waals surface area contributed by atoms with Crippen molar-refractivity contribution in [3.8, 4) is 0 Å². The Morgan fingerprint density at radius 3 is 2.65 bits per heavy atom. The SMILES string of the molecule is CC1CCCCC1NCc1ccccc1S(=O)(=O)N(C)CCO. The molecule has 1 saturated carbocycles. The van der Waals surface area contributed by atoms with Crippen LogP contribution in [-0.2, 0) is 16.6 Å². The molecule has 1 aliphatic rings. The first-order valence-corrected chi connectivity index (χ1v) is 9.79. The van der Waals surface area contributed by atoms with Crippen molar-refractivity contribution < 1.29 is 13.5 Å². The van der Waals surface area contributed by atoms with Gasteiger partial charge in [0.15, 0.2) is 0 Å². The van der Waals surface area contributed by atoms with Crippen molar-refractivity contribution in [2.24, 2.45) is 5.92 Å². The van der Waals surface area contributed by atoms with Crippen LogP contribution in [0.1, 0.15) is 38.2 Å². The molecule has 5 nitrogen and oxygen atoms in total. The van der Waals surface area contributed by atoms with Gasteiger partial charge in [-0.15, -0.1) is 0 Å². The first-order valence-electron chi connectivity index (χ1n) is 8.35. The molecule has 6 heteroatoms. The van der Waals surface area contributed by atoms with Gasteiger partial charge in [0.2, 0.25) is 10.0 Å². The molecule has 23 heavy (non-hydrogen) atoms. The second-order valence-corrected chi connectivity index (χ2v) is 8.42. The fraction of sp³-hybridized carbons (Fsp3) is 0.647. The summed E-state index contributed by atoms with van der Waals surface area (Å²) in [4.78, 5) is 0.326. The Bertz CT molecular complexity index is 604. The molecule has 0 bridgehead atoms. The van der Waals surface area contributed by atoms with Gasteiger partial charge in [0, 0.05) is 26.2 Å². The highest BCUT2D eigenvalue weighted by Crippen LogP contribution is 2.25. The Morgan fingerprint density at radius 2 is 1.96 bits per heavy atom. The Balaban J connectivity index is 2.14. The van der Waals surface area contributed by atoms with Gasteiger partial charge in [-0.25, -0.2) is 8.42 Å². The highest BCUT2D eigenvalue weighted by Gasteiger charge is 2.25. The average Bonchev–Trinajstić information content (AvgIpc) is 2.54. The zero-order chi connectivity index (χ0) is 16.9. The van der Waals surface area contributed by atoms with E-state index in [0.29, 0.717) is 23.4 Å². The summed E-state index contributed by atoms with van der Waals surface area (Å²) >= 11 is 0. The number of benzene rings is 1. The second kappa shape index (κ2) is 8.24. The lowest BCUT2D eigenvalue weighted by molar-refractivity contribution is 0.266. The van der Waals surface area contributed by atoms with Gasteiger partial charge in [-0.05, 0) is 30.4 Å². The van der Waals surface area contributed by atoms with Crippen LogP contribution in [-0.4, -0.2) is 44.1 Å². The van der Waals surface area contributed by atoms with Gasteiger partial charge in [-0.1, -0.05) is 38.0 Å². The van der Waals surface area contributed by atoms with Crippen molar-refractivity contribution in [2.75, 3.05) is 20.2 Å². The van der Waals surface area contributed by atoms with Gasteiger partial charge in [0.05, 0.1) is 11.5 Å². The van der Waals surface area contributed by atoms with Crippen molar-refractivity contribution in [2.45, 2.75) is 50.1 Å². The Hall–Kier alpha value is -0.950. The summed E-state index contributed by atoms with van der Waals surface area (Å²) < 4.78 is 26.5. The Kier molecular flexibility index (Phi) is 6.59. The number of nitrogens with one attached hydrogen (secondary N) is 1. The number of nitrogens with zero attached hydrogens (tertiary/aromatic N) is 1. The Labute approximate surface area is 139 Å². The minimum atomic E-state index is -3.56.